The molecule has 170 valence electrons. The molecule has 0 fully saturated rings. The normalized spacial score (nSPS) is 11.3. The van der Waals surface area contributed by atoms with Gasteiger partial charge in [0.05, 0.1) is 11.2 Å². The van der Waals surface area contributed by atoms with Crippen molar-refractivity contribution < 1.29 is 9.18 Å². The highest BCUT2D eigenvalue weighted by Crippen LogP contribution is 2.31. The zero-order chi connectivity index (χ0) is 24.0. The number of hydrogen-bond donors (Lipinski definition) is 1. The van der Waals surface area contributed by atoms with E-state index in [1.165, 1.54) is 40.2 Å². The number of rotatable bonds is 4. The van der Waals surface area contributed by atoms with Gasteiger partial charge in [0.1, 0.15) is 17.1 Å². The highest BCUT2D eigenvalue weighted by molar-refractivity contribution is 7.25. The molecule has 0 aliphatic rings. The zero-order valence-corrected chi connectivity index (χ0v) is 19.3. The van der Waals surface area contributed by atoms with Crippen LogP contribution >= 0.6 is 11.3 Å². The number of hydrogen-bond acceptors (Lipinski definition) is 4. The zero-order valence-electron chi connectivity index (χ0n) is 18.5. The average molecular weight is 474 g/mol. The molecule has 1 N–H and O–H groups in total. The van der Waals surface area contributed by atoms with Crippen molar-refractivity contribution in [1.82, 2.24) is 9.13 Å². The SMILES string of the molecule is Cc1ccc(C)c(NC(=O)Cn2c(=O)n(-c3ccc(F)cc3)c(=O)c3sc4ccccc4c32)c1. The topological polar surface area (TPSA) is 73.1 Å². The summed E-state index contributed by atoms with van der Waals surface area (Å²) in [6, 6.07) is 18.2. The smallest absolute Gasteiger partial charge is 0.324 e. The minimum Gasteiger partial charge on any atom is -0.324 e. The van der Waals surface area contributed by atoms with Crippen molar-refractivity contribution >= 4 is 43.2 Å². The summed E-state index contributed by atoms with van der Waals surface area (Å²) < 4.78 is 17.0. The third kappa shape index (κ3) is 3.72. The molecular weight excluding hydrogens is 453 g/mol. The van der Waals surface area contributed by atoms with Crippen molar-refractivity contribution in [1.29, 1.82) is 0 Å². The molecule has 1 amide bonds. The van der Waals surface area contributed by atoms with Gasteiger partial charge in [0.25, 0.3) is 5.56 Å². The van der Waals surface area contributed by atoms with Gasteiger partial charge in [-0.25, -0.2) is 13.8 Å². The van der Waals surface area contributed by atoms with E-state index in [9.17, 15) is 18.8 Å². The number of carbonyl (C=O) groups is 1. The first-order chi connectivity index (χ1) is 16.3. The summed E-state index contributed by atoms with van der Waals surface area (Å²) in [6.07, 6.45) is 0. The van der Waals surface area contributed by atoms with Crippen molar-refractivity contribution in [2.45, 2.75) is 20.4 Å². The monoisotopic (exact) mass is 473 g/mol. The molecule has 0 atom stereocenters. The van der Waals surface area contributed by atoms with Crippen LogP contribution < -0.4 is 16.6 Å². The van der Waals surface area contributed by atoms with Crippen LogP contribution in [0.25, 0.3) is 26.0 Å². The number of halogens is 1. The quantitative estimate of drug-likeness (QED) is 0.409. The Morgan fingerprint density at radius 3 is 2.50 bits per heavy atom. The highest BCUT2D eigenvalue weighted by atomic mass is 32.1. The fourth-order valence-corrected chi connectivity index (χ4v) is 5.15. The Morgan fingerprint density at radius 2 is 1.74 bits per heavy atom. The Morgan fingerprint density at radius 1 is 1.00 bits per heavy atom. The third-order valence-electron chi connectivity index (χ3n) is 5.71. The predicted molar refractivity (Wildman–Crippen MR) is 134 cm³/mol. The first kappa shape index (κ1) is 21.8. The third-order valence-corrected chi connectivity index (χ3v) is 6.86. The molecule has 0 unspecified atom stereocenters. The lowest BCUT2D eigenvalue weighted by atomic mass is 10.1. The molecule has 2 heterocycles. The Hall–Kier alpha value is -4.04. The first-order valence-corrected chi connectivity index (χ1v) is 11.5. The van der Waals surface area contributed by atoms with Crippen LogP contribution in [0.4, 0.5) is 10.1 Å². The fraction of sp³-hybridized carbons (Fsp3) is 0.115. The van der Waals surface area contributed by atoms with Crippen LogP contribution in [0.3, 0.4) is 0 Å². The Labute approximate surface area is 197 Å². The fourth-order valence-electron chi connectivity index (χ4n) is 4.02. The summed E-state index contributed by atoms with van der Waals surface area (Å²) >= 11 is 1.26. The molecule has 6 nitrogen and oxygen atoms in total. The van der Waals surface area contributed by atoms with E-state index >= 15 is 0 Å². The number of nitrogens with zero attached hydrogens (tertiary/aromatic N) is 2. The number of benzene rings is 3. The summed E-state index contributed by atoms with van der Waals surface area (Å²) in [4.78, 5) is 40.0. The average Bonchev–Trinajstić information content (AvgIpc) is 3.20. The van der Waals surface area contributed by atoms with E-state index in [2.05, 4.69) is 5.32 Å². The van der Waals surface area contributed by atoms with Crippen molar-refractivity contribution in [3.8, 4) is 5.69 Å². The van der Waals surface area contributed by atoms with E-state index < -0.39 is 23.0 Å². The van der Waals surface area contributed by atoms with E-state index in [0.29, 0.717) is 15.9 Å². The van der Waals surface area contributed by atoms with Gasteiger partial charge >= 0.3 is 5.69 Å². The number of fused-ring (bicyclic) bond motifs is 3. The summed E-state index contributed by atoms with van der Waals surface area (Å²) in [6.45, 7) is 3.53. The second-order valence-corrected chi connectivity index (χ2v) is 9.18. The Balaban J connectivity index is 1.71. The van der Waals surface area contributed by atoms with Crippen molar-refractivity contribution in [2.24, 2.45) is 0 Å². The van der Waals surface area contributed by atoms with Gasteiger partial charge < -0.3 is 5.32 Å². The van der Waals surface area contributed by atoms with Gasteiger partial charge in [0.2, 0.25) is 5.91 Å². The van der Waals surface area contributed by atoms with Crippen molar-refractivity contribution in [3.05, 3.63) is 105 Å². The maximum Gasteiger partial charge on any atom is 0.336 e. The second kappa shape index (κ2) is 8.39. The van der Waals surface area contributed by atoms with Crippen LogP contribution in [-0.4, -0.2) is 15.0 Å². The molecule has 0 saturated heterocycles. The molecule has 0 bridgehead atoms. The number of anilines is 1. The van der Waals surface area contributed by atoms with Crippen LogP contribution in [0.5, 0.6) is 0 Å². The molecule has 5 aromatic rings. The van der Waals surface area contributed by atoms with Crippen LogP contribution in [0.1, 0.15) is 11.1 Å². The molecule has 5 rings (SSSR count). The maximum atomic E-state index is 13.6. The van der Waals surface area contributed by atoms with E-state index in [0.717, 1.165) is 25.8 Å². The predicted octanol–water partition coefficient (Wildman–Crippen LogP) is 4.76. The Kier molecular flexibility index (Phi) is 5.37. The molecule has 0 saturated carbocycles. The van der Waals surface area contributed by atoms with Gasteiger partial charge in [-0.05, 0) is 61.4 Å². The second-order valence-electron chi connectivity index (χ2n) is 8.13. The number of aromatic nitrogens is 2. The van der Waals surface area contributed by atoms with Crippen LogP contribution in [0.15, 0.2) is 76.3 Å². The number of thiophene rings is 1. The molecule has 2 aromatic heterocycles. The lowest BCUT2D eigenvalue weighted by molar-refractivity contribution is -0.116. The van der Waals surface area contributed by atoms with E-state index in [4.69, 9.17) is 0 Å². The van der Waals surface area contributed by atoms with Crippen molar-refractivity contribution in [3.63, 3.8) is 0 Å². The van der Waals surface area contributed by atoms with Gasteiger partial charge in [-0.1, -0.05) is 30.3 Å². The van der Waals surface area contributed by atoms with Gasteiger partial charge in [-0.15, -0.1) is 11.3 Å². The number of carbonyl (C=O) groups excluding carboxylic acids is 1. The van der Waals surface area contributed by atoms with Crippen molar-refractivity contribution in [2.75, 3.05) is 5.32 Å². The van der Waals surface area contributed by atoms with Gasteiger partial charge in [0, 0.05) is 15.8 Å². The molecule has 0 radical (unpaired) electrons. The first-order valence-electron chi connectivity index (χ1n) is 10.6. The summed E-state index contributed by atoms with van der Waals surface area (Å²) in [7, 11) is 0. The van der Waals surface area contributed by atoms with E-state index in [1.54, 1.807) is 0 Å². The molecule has 0 aliphatic carbocycles. The van der Waals surface area contributed by atoms with Gasteiger partial charge in [-0.2, -0.15) is 0 Å². The molecule has 34 heavy (non-hydrogen) atoms. The minimum atomic E-state index is -0.663. The molecule has 3 aromatic carbocycles. The number of aryl methyl sites for hydroxylation is 2. The van der Waals surface area contributed by atoms with Gasteiger partial charge in [0.15, 0.2) is 0 Å². The minimum absolute atomic E-state index is 0.236. The number of amides is 1. The molecule has 8 heteroatoms. The van der Waals surface area contributed by atoms with Crippen LogP contribution in [-0.2, 0) is 11.3 Å². The summed E-state index contributed by atoms with van der Waals surface area (Å²) in [5, 5.41) is 3.61. The lowest BCUT2D eigenvalue weighted by Gasteiger charge is -2.14. The lowest BCUT2D eigenvalue weighted by Crippen LogP contribution is -2.40. The highest BCUT2D eigenvalue weighted by Gasteiger charge is 2.21. The van der Waals surface area contributed by atoms with E-state index in [1.807, 2.05) is 56.3 Å². The molecular formula is C26H20FN3O3S. The van der Waals surface area contributed by atoms with Gasteiger partial charge in [-0.3, -0.25) is 14.2 Å². The largest absolute Gasteiger partial charge is 0.336 e. The molecule has 0 aliphatic heterocycles. The Bertz CT molecular complexity index is 1700. The maximum absolute atomic E-state index is 13.6. The van der Waals surface area contributed by atoms with Crippen LogP contribution in [0.2, 0.25) is 0 Å². The number of nitrogens with one attached hydrogen (secondary N) is 1. The summed E-state index contributed by atoms with van der Waals surface area (Å²) in [5.74, 6) is -0.871. The van der Waals surface area contributed by atoms with Crippen LogP contribution in [0, 0.1) is 19.7 Å². The molecule has 0 spiro atoms. The van der Waals surface area contributed by atoms with E-state index in [-0.39, 0.29) is 12.2 Å². The summed E-state index contributed by atoms with van der Waals surface area (Å²) in [5.41, 5.74) is 2.05. The standard InChI is InChI=1S/C26H20FN3O3S/c1-15-7-8-16(2)20(13-15)28-22(31)14-29-23-19-5-3-4-6-21(19)34-24(23)25(32)30(26(29)33)18-11-9-17(27)10-12-18/h3-13H,14H2,1-2H3,(H,28,31).